The molecule has 1 saturated heterocycles. The number of nitrogens with zero attached hydrogens (tertiary/aromatic N) is 2. The van der Waals surface area contributed by atoms with Crippen molar-refractivity contribution >= 4 is 26.6 Å². The second-order valence-corrected chi connectivity index (χ2v) is 9.09. The zero-order valence-electron chi connectivity index (χ0n) is 15.3. The molecular weight excluding hydrogens is 390 g/mol. The Morgan fingerprint density at radius 2 is 1.86 bits per heavy atom. The van der Waals surface area contributed by atoms with Crippen molar-refractivity contribution in [3.8, 4) is 17.6 Å². The topological polar surface area (TPSA) is 109 Å². The van der Waals surface area contributed by atoms with E-state index >= 15 is 0 Å². The normalized spacial score (nSPS) is 17.6. The Morgan fingerprint density at radius 3 is 2.55 bits per heavy atom. The standard InChI is InChI=1S/C21H17N3O4S/c22-12-14-1-4-17(5-2-14)28-18-6-8-19-15(11-18)3-7-20(24-19)21(25)23-16-9-10-29(26,27)13-16/h1-8,11,16H,9-10,13H2,(H,23,25)/t16-/m0/s1. The van der Waals surface area contributed by atoms with Crippen LogP contribution in [-0.2, 0) is 9.84 Å². The van der Waals surface area contributed by atoms with E-state index in [0.717, 1.165) is 5.39 Å². The molecule has 0 saturated carbocycles. The summed E-state index contributed by atoms with van der Waals surface area (Å²) in [5.41, 5.74) is 1.42. The van der Waals surface area contributed by atoms with Crippen molar-refractivity contribution in [1.82, 2.24) is 10.3 Å². The number of carbonyl (C=O) groups excluding carboxylic acids is 1. The molecule has 146 valence electrons. The lowest BCUT2D eigenvalue weighted by Gasteiger charge is -2.11. The van der Waals surface area contributed by atoms with Crippen LogP contribution in [0.15, 0.2) is 54.6 Å². The van der Waals surface area contributed by atoms with E-state index in [1.807, 2.05) is 6.07 Å². The third-order valence-corrected chi connectivity index (χ3v) is 6.45. The van der Waals surface area contributed by atoms with Gasteiger partial charge in [0.05, 0.1) is 28.7 Å². The second-order valence-electron chi connectivity index (χ2n) is 6.86. The smallest absolute Gasteiger partial charge is 0.270 e. The molecule has 1 atom stereocenters. The first-order valence-electron chi connectivity index (χ1n) is 9.02. The molecule has 1 amide bonds. The van der Waals surface area contributed by atoms with E-state index in [2.05, 4.69) is 16.4 Å². The Bertz CT molecular complexity index is 1230. The highest BCUT2D eigenvalue weighted by Crippen LogP contribution is 2.25. The maximum Gasteiger partial charge on any atom is 0.270 e. The first-order chi connectivity index (χ1) is 13.9. The van der Waals surface area contributed by atoms with Crippen LogP contribution in [0.25, 0.3) is 10.9 Å². The summed E-state index contributed by atoms with van der Waals surface area (Å²) in [6, 6.07) is 17.2. The van der Waals surface area contributed by atoms with Gasteiger partial charge in [0.2, 0.25) is 0 Å². The summed E-state index contributed by atoms with van der Waals surface area (Å²) >= 11 is 0. The SMILES string of the molecule is N#Cc1ccc(Oc2ccc3nc(C(=O)N[C@H]4CCS(=O)(=O)C4)ccc3c2)cc1. The number of aromatic nitrogens is 1. The minimum absolute atomic E-state index is 0.0254. The summed E-state index contributed by atoms with van der Waals surface area (Å²) in [4.78, 5) is 16.8. The third-order valence-electron chi connectivity index (χ3n) is 4.68. The summed E-state index contributed by atoms with van der Waals surface area (Å²) in [6.07, 6.45) is 0.428. The van der Waals surface area contributed by atoms with Gasteiger partial charge in [0.25, 0.3) is 5.91 Å². The zero-order chi connectivity index (χ0) is 20.4. The first-order valence-corrected chi connectivity index (χ1v) is 10.8. The van der Waals surface area contributed by atoms with E-state index in [4.69, 9.17) is 10.00 Å². The Morgan fingerprint density at radius 1 is 1.10 bits per heavy atom. The molecule has 2 aromatic carbocycles. The summed E-state index contributed by atoms with van der Waals surface area (Å²) in [7, 11) is -3.06. The highest BCUT2D eigenvalue weighted by Gasteiger charge is 2.29. The van der Waals surface area contributed by atoms with Gasteiger partial charge in [-0.25, -0.2) is 13.4 Å². The average molecular weight is 407 g/mol. The van der Waals surface area contributed by atoms with Crippen molar-refractivity contribution in [2.24, 2.45) is 0 Å². The highest BCUT2D eigenvalue weighted by molar-refractivity contribution is 7.91. The number of hydrogen-bond acceptors (Lipinski definition) is 6. The van der Waals surface area contributed by atoms with Crippen LogP contribution >= 0.6 is 0 Å². The number of carbonyl (C=O) groups is 1. The van der Waals surface area contributed by atoms with Crippen LogP contribution in [0.4, 0.5) is 0 Å². The number of rotatable bonds is 4. The third kappa shape index (κ3) is 4.36. The summed E-state index contributed by atoms with van der Waals surface area (Å²) < 4.78 is 28.9. The Kier molecular flexibility index (Phi) is 4.91. The molecule has 3 aromatic rings. The summed E-state index contributed by atoms with van der Waals surface area (Å²) in [5, 5.41) is 12.4. The lowest BCUT2D eigenvalue weighted by atomic mass is 10.1. The molecule has 0 bridgehead atoms. The van der Waals surface area contributed by atoms with Crippen LogP contribution in [0, 0.1) is 11.3 Å². The van der Waals surface area contributed by atoms with E-state index in [1.165, 1.54) is 0 Å². The number of amides is 1. The van der Waals surface area contributed by atoms with Gasteiger partial charge in [0, 0.05) is 11.4 Å². The molecule has 1 fully saturated rings. The van der Waals surface area contributed by atoms with Crippen LogP contribution in [0.1, 0.15) is 22.5 Å². The van der Waals surface area contributed by atoms with Gasteiger partial charge >= 0.3 is 0 Å². The second kappa shape index (κ2) is 7.53. The van der Waals surface area contributed by atoms with Crippen LogP contribution < -0.4 is 10.1 Å². The Labute approximate surface area is 167 Å². The molecular formula is C21H17N3O4S. The molecule has 1 aromatic heterocycles. The maximum atomic E-state index is 12.4. The van der Waals surface area contributed by atoms with Gasteiger partial charge in [-0.2, -0.15) is 5.26 Å². The Balaban J connectivity index is 1.49. The van der Waals surface area contributed by atoms with Gasteiger partial charge in [-0.3, -0.25) is 4.79 Å². The lowest BCUT2D eigenvalue weighted by molar-refractivity contribution is 0.0936. The van der Waals surface area contributed by atoms with Crippen molar-refractivity contribution in [2.75, 3.05) is 11.5 Å². The van der Waals surface area contributed by atoms with Crippen molar-refractivity contribution in [3.63, 3.8) is 0 Å². The molecule has 1 aliphatic heterocycles. The molecule has 0 spiro atoms. The quantitative estimate of drug-likeness (QED) is 0.712. The van der Waals surface area contributed by atoms with E-state index in [-0.39, 0.29) is 29.1 Å². The van der Waals surface area contributed by atoms with Crippen LogP contribution in [0.2, 0.25) is 0 Å². The number of sulfone groups is 1. The molecule has 1 N–H and O–H groups in total. The molecule has 2 heterocycles. The van der Waals surface area contributed by atoms with Crippen LogP contribution in [0.3, 0.4) is 0 Å². The average Bonchev–Trinajstić information content (AvgIpc) is 3.06. The molecule has 29 heavy (non-hydrogen) atoms. The molecule has 0 aliphatic carbocycles. The van der Waals surface area contributed by atoms with Crippen molar-refractivity contribution < 1.29 is 17.9 Å². The van der Waals surface area contributed by atoms with Gasteiger partial charge in [0.15, 0.2) is 9.84 Å². The minimum Gasteiger partial charge on any atom is -0.457 e. The van der Waals surface area contributed by atoms with E-state index < -0.39 is 9.84 Å². The fourth-order valence-corrected chi connectivity index (χ4v) is 4.87. The van der Waals surface area contributed by atoms with Gasteiger partial charge in [0.1, 0.15) is 17.2 Å². The molecule has 4 rings (SSSR count). The monoisotopic (exact) mass is 407 g/mol. The molecule has 7 nitrogen and oxygen atoms in total. The van der Waals surface area contributed by atoms with Gasteiger partial charge < -0.3 is 10.1 Å². The van der Waals surface area contributed by atoms with E-state index in [9.17, 15) is 13.2 Å². The largest absolute Gasteiger partial charge is 0.457 e. The van der Waals surface area contributed by atoms with Gasteiger partial charge in [-0.15, -0.1) is 0 Å². The van der Waals surface area contributed by atoms with E-state index in [0.29, 0.717) is 29.0 Å². The fourth-order valence-electron chi connectivity index (χ4n) is 3.20. The van der Waals surface area contributed by atoms with E-state index in [1.54, 1.807) is 48.5 Å². The van der Waals surface area contributed by atoms with Crippen LogP contribution in [0.5, 0.6) is 11.5 Å². The summed E-state index contributed by atoms with van der Waals surface area (Å²) in [6.45, 7) is 0. The summed E-state index contributed by atoms with van der Waals surface area (Å²) in [5.74, 6) is 0.913. The maximum absolute atomic E-state index is 12.4. The number of fused-ring (bicyclic) bond motifs is 1. The Hall–Kier alpha value is -3.44. The number of benzene rings is 2. The van der Waals surface area contributed by atoms with Crippen molar-refractivity contribution in [1.29, 1.82) is 5.26 Å². The molecule has 0 unspecified atom stereocenters. The highest BCUT2D eigenvalue weighted by atomic mass is 32.2. The number of ether oxygens (including phenoxy) is 1. The number of pyridine rings is 1. The minimum atomic E-state index is -3.06. The van der Waals surface area contributed by atoms with Crippen LogP contribution in [-0.4, -0.2) is 36.9 Å². The number of hydrogen-bond donors (Lipinski definition) is 1. The fraction of sp³-hybridized carbons (Fsp3) is 0.190. The van der Waals surface area contributed by atoms with Crippen molar-refractivity contribution in [2.45, 2.75) is 12.5 Å². The zero-order valence-corrected chi connectivity index (χ0v) is 16.1. The van der Waals surface area contributed by atoms with Crippen molar-refractivity contribution in [3.05, 3.63) is 65.9 Å². The predicted molar refractivity (Wildman–Crippen MR) is 107 cm³/mol. The van der Waals surface area contributed by atoms with Gasteiger partial charge in [-0.1, -0.05) is 6.07 Å². The lowest BCUT2D eigenvalue weighted by Crippen LogP contribution is -2.36. The predicted octanol–water partition coefficient (Wildman–Crippen LogP) is 2.82. The number of nitrogens with one attached hydrogen (secondary N) is 1. The van der Waals surface area contributed by atoms with Gasteiger partial charge in [-0.05, 0) is 55.0 Å². The molecule has 0 radical (unpaired) electrons. The first kappa shape index (κ1) is 18.9. The molecule has 8 heteroatoms. The number of nitriles is 1. The molecule has 1 aliphatic rings.